The van der Waals surface area contributed by atoms with Gasteiger partial charge in [0.2, 0.25) is 0 Å². The van der Waals surface area contributed by atoms with Crippen LogP contribution in [0.1, 0.15) is 25.7 Å². The quantitative estimate of drug-likeness (QED) is 0.517. The largest absolute Gasteiger partial charge is 0.480 e. The van der Waals surface area contributed by atoms with Crippen molar-refractivity contribution >= 4 is 11.9 Å². The van der Waals surface area contributed by atoms with Gasteiger partial charge in [0.05, 0.1) is 0 Å². The molecule has 6 nitrogen and oxygen atoms in total. The lowest BCUT2D eigenvalue weighted by Crippen LogP contribution is -2.29. The molecule has 16 heavy (non-hydrogen) atoms. The van der Waals surface area contributed by atoms with Crippen molar-refractivity contribution in [1.82, 2.24) is 10.6 Å². The molecule has 1 unspecified atom stereocenters. The maximum absolute atomic E-state index is 10.1. The summed E-state index contributed by atoms with van der Waals surface area (Å²) in [6.07, 6.45) is 3.57. The highest BCUT2D eigenvalue weighted by atomic mass is 16.4. The maximum atomic E-state index is 10.1. The van der Waals surface area contributed by atoms with Gasteiger partial charge in [-0.05, 0) is 38.8 Å². The zero-order valence-electron chi connectivity index (χ0n) is 9.11. The van der Waals surface area contributed by atoms with E-state index in [1.807, 2.05) is 0 Å². The lowest BCUT2D eigenvalue weighted by molar-refractivity contribution is -0.140. The fourth-order valence-corrected chi connectivity index (χ4v) is 1.79. The molecule has 2 saturated heterocycles. The Kier molecular flexibility index (Phi) is 5.21. The van der Waals surface area contributed by atoms with Crippen molar-refractivity contribution in [2.24, 2.45) is 0 Å². The van der Waals surface area contributed by atoms with E-state index < -0.39 is 11.9 Å². The molecule has 0 aromatic heterocycles. The summed E-state index contributed by atoms with van der Waals surface area (Å²) in [6, 6.07) is -0.537. The van der Waals surface area contributed by atoms with Crippen LogP contribution < -0.4 is 10.6 Å². The minimum atomic E-state index is -0.720. The van der Waals surface area contributed by atoms with E-state index in [0.29, 0.717) is 0 Å². The molecular formula is C10H18N2O4. The Hall–Kier alpha value is -1.14. The smallest absolute Gasteiger partial charge is 0.320 e. The normalized spacial score (nSPS) is 28.2. The number of carboxylic acid groups (broad SMARTS) is 2. The van der Waals surface area contributed by atoms with Crippen LogP contribution in [0, 0.1) is 0 Å². The van der Waals surface area contributed by atoms with Crippen molar-refractivity contribution in [3.05, 3.63) is 0 Å². The Bertz CT molecular complexity index is 219. The molecule has 0 aliphatic carbocycles. The average Bonchev–Trinajstić information content (AvgIpc) is 2.93. The lowest BCUT2D eigenvalue weighted by atomic mass is 10.2. The number of carboxylic acids is 2. The summed E-state index contributed by atoms with van der Waals surface area (Å²) in [7, 11) is 0. The average molecular weight is 230 g/mol. The van der Waals surface area contributed by atoms with Crippen molar-refractivity contribution in [2.45, 2.75) is 37.8 Å². The predicted octanol–water partition coefficient (Wildman–Crippen LogP) is -0.354. The molecule has 0 aromatic carbocycles. The second-order valence-electron chi connectivity index (χ2n) is 3.97. The van der Waals surface area contributed by atoms with E-state index in [-0.39, 0.29) is 12.1 Å². The van der Waals surface area contributed by atoms with E-state index >= 15 is 0 Å². The van der Waals surface area contributed by atoms with Gasteiger partial charge in [0.25, 0.3) is 0 Å². The molecule has 0 amide bonds. The molecule has 0 spiro atoms. The van der Waals surface area contributed by atoms with Crippen molar-refractivity contribution in [1.29, 1.82) is 0 Å². The molecule has 2 rings (SSSR count). The Morgan fingerprint density at radius 3 is 1.38 bits per heavy atom. The minimum Gasteiger partial charge on any atom is -0.480 e. The number of nitrogens with one attached hydrogen (secondary N) is 2. The summed E-state index contributed by atoms with van der Waals surface area (Å²) in [5, 5.41) is 22.4. The molecule has 2 aliphatic heterocycles. The molecule has 0 radical (unpaired) electrons. The van der Waals surface area contributed by atoms with Gasteiger partial charge in [-0.3, -0.25) is 9.59 Å². The summed E-state index contributed by atoms with van der Waals surface area (Å²) in [5.74, 6) is -1.44. The first-order valence-corrected chi connectivity index (χ1v) is 5.53. The van der Waals surface area contributed by atoms with Crippen LogP contribution in [0.4, 0.5) is 0 Å². The highest BCUT2D eigenvalue weighted by Crippen LogP contribution is 2.04. The van der Waals surface area contributed by atoms with Crippen molar-refractivity contribution in [2.75, 3.05) is 13.1 Å². The highest BCUT2D eigenvalue weighted by molar-refractivity contribution is 5.74. The van der Waals surface area contributed by atoms with Crippen LogP contribution in [-0.4, -0.2) is 47.3 Å². The van der Waals surface area contributed by atoms with E-state index in [9.17, 15) is 9.59 Å². The summed E-state index contributed by atoms with van der Waals surface area (Å²) < 4.78 is 0. The van der Waals surface area contributed by atoms with Gasteiger partial charge < -0.3 is 20.8 Å². The second kappa shape index (κ2) is 6.44. The lowest BCUT2D eigenvalue weighted by Gasteiger charge is -1.99. The Morgan fingerprint density at radius 2 is 1.25 bits per heavy atom. The fraction of sp³-hybridized carbons (Fsp3) is 0.800. The number of hydrogen-bond donors (Lipinski definition) is 4. The predicted molar refractivity (Wildman–Crippen MR) is 57.3 cm³/mol. The van der Waals surface area contributed by atoms with Crippen LogP contribution >= 0.6 is 0 Å². The third-order valence-corrected chi connectivity index (χ3v) is 2.72. The van der Waals surface area contributed by atoms with Gasteiger partial charge in [-0.1, -0.05) is 0 Å². The van der Waals surface area contributed by atoms with E-state index in [2.05, 4.69) is 10.6 Å². The van der Waals surface area contributed by atoms with Gasteiger partial charge in [-0.15, -0.1) is 0 Å². The number of hydrogen-bond acceptors (Lipinski definition) is 4. The number of carbonyl (C=O) groups is 2. The van der Waals surface area contributed by atoms with Gasteiger partial charge in [-0.2, -0.15) is 0 Å². The SMILES string of the molecule is O=C(O)C1CCCN1.O=C(O)[C@H]1CCCN1. The van der Waals surface area contributed by atoms with Crippen LogP contribution in [0.2, 0.25) is 0 Å². The van der Waals surface area contributed by atoms with Crippen molar-refractivity contribution in [3.63, 3.8) is 0 Å². The van der Waals surface area contributed by atoms with Gasteiger partial charge in [0.1, 0.15) is 12.1 Å². The molecule has 92 valence electrons. The van der Waals surface area contributed by atoms with Crippen LogP contribution in [0.15, 0.2) is 0 Å². The minimum absolute atomic E-state index is 0.269. The maximum Gasteiger partial charge on any atom is 0.320 e. The summed E-state index contributed by atoms with van der Waals surface area (Å²) in [5.41, 5.74) is 0. The molecule has 0 bridgehead atoms. The Balaban J connectivity index is 0.000000160. The molecule has 2 atom stereocenters. The van der Waals surface area contributed by atoms with E-state index in [1.54, 1.807) is 0 Å². The molecular weight excluding hydrogens is 212 g/mol. The van der Waals surface area contributed by atoms with Gasteiger partial charge in [0, 0.05) is 0 Å². The van der Waals surface area contributed by atoms with E-state index in [1.165, 1.54) is 0 Å². The van der Waals surface area contributed by atoms with Crippen LogP contribution in [-0.2, 0) is 9.59 Å². The van der Waals surface area contributed by atoms with E-state index in [4.69, 9.17) is 10.2 Å². The standard InChI is InChI=1S/2C5H9NO2/c2*7-5(8)4-2-1-3-6-4/h2*4,6H,1-3H2,(H,7,8)/t4-;/m1./s1. The third-order valence-electron chi connectivity index (χ3n) is 2.72. The first kappa shape index (κ1) is 12.9. The molecule has 6 heteroatoms. The first-order chi connectivity index (χ1) is 7.61. The van der Waals surface area contributed by atoms with Gasteiger partial charge >= 0.3 is 11.9 Å². The zero-order chi connectivity index (χ0) is 12.0. The molecule has 2 aliphatic rings. The Labute approximate surface area is 94.0 Å². The topological polar surface area (TPSA) is 98.7 Å². The van der Waals surface area contributed by atoms with Crippen molar-refractivity contribution < 1.29 is 19.8 Å². The summed E-state index contributed by atoms with van der Waals surface area (Å²) in [4.78, 5) is 20.3. The fourth-order valence-electron chi connectivity index (χ4n) is 1.79. The Morgan fingerprint density at radius 1 is 0.875 bits per heavy atom. The summed E-state index contributed by atoms with van der Waals surface area (Å²) in [6.45, 7) is 1.72. The number of rotatable bonds is 2. The third kappa shape index (κ3) is 4.16. The highest BCUT2D eigenvalue weighted by Gasteiger charge is 2.20. The van der Waals surface area contributed by atoms with E-state index in [0.717, 1.165) is 38.8 Å². The van der Waals surface area contributed by atoms with Crippen LogP contribution in [0.25, 0.3) is 0 Å². The van der Waals surface area contributed by atoms with Crippen LogP contribution in [0.5, 0.6) is 0 Å². The summed E-state index contributed by atoms with van der Waals surface area (Å²) >= 11 is 0. The van der Waals surface area contributed by atoms with Crippen molar-refractivity contribution in [3.8, 4) is 0 Å². The van der Waals surface area contributed by atoms with Gasteiger partial charge in [0.15, 0.2) is 0 Å². The molecule has 2 fully saturated rings. The molecule has 2 heterocycles. The monoisotopic (exact) mass is 230 g/mol. The van der Waals surface area contributed by atoms with Crippen LogP contribution in [0.3, 0.4) is 0 Å². The molecule has 0 aromatic rings. The second-order valence-corrected chi connectivity index (χ2v) is 3.97. The first-order valence-electron chi connectivity index (χ1n) is 5.53. The number of aliphatic carboxylic acids is 2. The molecule has 0 saturated carbocycles. The zero-order valence-corrected chi connectivity index (χ0v) is 9.11. The van der Waals surface area contributed by atoms with Gasteiger partial charge in [-0.25, -0.2) is 0 Å². The molecule has 4 N–H and O–H groups in total.